The van der Waals surface area contributed by atoms with E-state index in [2.05, 4.69) is 6.58 Å². The zero-order chi connectivity index (χ0) is 28.0. The highest BCUT2D eigenvalue weighted by Crippen LogP contribution is 2.66. The van der Waals surface area contributed by atoms with Gasteiger partial charge in [-0.1, -0.05) is 13.5 Å². The molecule has 11 unspecified atom stereocenters. The molecule has 1 N–H and O–H groups in total. The average molecular weight is 557 g/mol. The van der Waals surface area contributed by atoms with Crippen LogP contribution in [0.3, 0.4) is 0 Å². The summed E-state index contributed by atoms with van der Waals surface area (Å²) in [5.41, 5.74) is -3.90. The molecule has 0 aromatic heterocycles. The third kappa shape index (κ3) is 3.65. The van der Waals surface area contributed by atoms with E-state index in [9.17, 15) is 24.3 Å². The Labute approximate surface area is 225 Å². The molecule has 210 valence electrons. The molecule has 1 saturated carbocycles. The average Bonchev–Trinajstić information content (AvgIpc) is 3.53. The summed E-state index contributed by atoms with van der Waals surface area (Å²) in [5.74, 6) is -6.60. The lowest BCUT2D eigenvalue weighted by Crippen LogP contribution is -2.76. The molecular formula is C26H33ClO11. The molecule has 5 fully saturated rings. The van der Waals surface area contributed by atoms with Crippen molar-refractivity contribution >= 4 is 35.5 Å². The molecule has 11 nitrogen and oxygen atoms in total. The minimum Gasteiger partial charge on any atom is -0.462 e. The fourth-order valence-electron chi connectivity index (χ4n) is 7.44. The fraction of sp³-hybridized carbons (Fsp3) is 0.769. The number of carbonyl (C=O) groups excluding carboxylic acids is 4. The number of fused-ring (bicyclic) bond motifs is 3. The Morgan fingerprint density at radius 1 is 1.08 bits per heavy atom. The van der Waals surface area contributed by atoms with Gasteiger partial charge in [0.05, 0.1) is 28.9 Å². The molecule has 0 aromatic carbocycles. The van der Waals surface area contributed by atoms with Gasteiger partial charge in [-0.05, 0) is 19.8 Å². The zero-order valence-corrected chi connectivity index (χ0v) is 22.7. The van der Waals surface area contributed by atoms with Crippen LogP contribution in [0, 0.1) is 17.3 Å². The van der Waals surface area contributed by atoms with Crippen molar-refractivity contribution in [2.24, 2.45) is 17.3 Å². The van der Waals surface area contributed by atoms with Crippen molar-refractivity contribution in [3.8, 4) is 0 Å². The van der Waals surface area contributed by atoms with Gasteiger partial charge in [-0.25, -0.2) is 0 Å². The second-order valence-electron chi connectivity index (χ2n) is 11.4. The van der Waals surface area contributed by atoms with E-state index in [1.54, 1.807) is 13.8 Å². The van der Waals surface area contributed by atoms with E-state index in [-0.39, 0.29) is 18.6 Å². The summed E-state index contributed by atoms with van der Waals surface area (Å²) in [6.45, 7) is 11.3. The summed E-state index contributed by atoms with van der Waals surface area (Å²) in [4.78, 5) is 50.4. The highest BCUT2D eigenvalue weighted by Gasteiger charge is 2.80. The first-order valence-corrected chi connectivity index (χ1v) is 13.2. The van der Waals surface area contributed by atoms with Gasteiger partial charge >= 0.3 is 23.9 Å². The van der Waals surface area contributed by atoms with Gasteiger partial charge < -0.3 is 33.5 Å². The molecule has 2 bridgehead atoms. The largest absolute Gasteiger partial charge is 0.462 e. The molecule has 0 radical (unpaired) electrons. The Morgan fingerprint density at radius 2 is 1.66 bits per heavy atom. The van der Waals surface area contributed by atoms with Crippen molar-refractivity contribution < 1.29 is 52.7 Å². The minimum absolute atomic E-state index is 0.000278. The number of rotatable bonds is 3. The molecule has 0 amide bonds. The number of ether oxygens (including phenoxy) is 6. The van der Waals surface area contributed by atoms with Crippen LogP contribution in [-0.2, 0) is 47.6 Å². The van der Waals surface area contributed by atoms with Crippen LogP contribution in [0.1, 0.15) is 53.9 Å². The van der Waals surface area contributed by atoms with E-state index < -0.39 is 87.9 Å². The molecular weight excluding hydrogens is 524 g/mol. The van der Waals surface area contributed by atoms with Crippen LogP contribution < -0.4 is 0 Å². The molecule has 5 rings (SSSR count). The van der Waals surface area contributed by atoms with Crippen LogP contribution >= 0.6 is 11.6 Å². The third-order valence-electron chi connectivity index (χ3n) is 9.25. The molecule has 4 aliphatic heterocycles. The van der Waals surface area contributed by atoms with E-state index in [4.69, 9.17) is 40.0 Å². The highest BCUT2D eigenvalue weighted by atomic mass is 35.5. The topological polar surface area (TPSA) is 147 Å². The lowest BCUT2D eigenvalue weighted by molar-refractivity contribution is -0.353. The number of hydrogen-bond donors (Lipinski definition) is 1. The van der Waals surface area contributed by atoms with Crippen LogP contribution in [0.4, 0.5) is 0 Å². The maximum Gasteiger partial charge on any atom is 0.312 e. The molecule has 1 aliphatic carbocycles. The molecule has 4 heterocycles. The Kier molecular flexibility index (Phi) is 6.22. The van der Waals surface area contributed by atoms with Gasteiger partial charge in [-0.3, -0.25) is 19.2 Å². The number of halogens is 1. The van der Waals surface area contributed by atoms with E-state index in [1.165, 1.54) is 20.8 Å². The molecule has 4 saturated heterocycles. The van der Waals surface area contributed by atoms with Crippen LogP contribution in [0.2, 0.25) is 0 Å². The van der Waals surface area contributed by atoms with Crippen LogP contribution in [0.5, 0.6) is 0 Å². The van der Waals surface area contributed by atoms with Crippen LogP contribution in [0.15, 0.2) is 12.2 Å². The van der Waals surface area contributed by atoms with Gasteiger partial charge in [-0.2, -0.15) is 0 Å². The summed E-state index contributed by atoms with van der Waals surface area (Å²) in [6.07, 6.45) is -3.94. The molecule has 12 heteroatoms. The third-order valence-corrected chi connectivity index (χ3v) is 9.74. The van der Waals surface area contributed by atoms with Crippen molar-refractivity contribution in [1.82, 2.24) is 0 Å². The van der Waals surface area contributed by atoms with Gasteiger partial charge in [0.2, 0.25) is 0 Å². The summed E-state index contributed by atoms with van der Waals surface area (Å²) in [5, 5.41) is 10.9. The summed E-state index contributed by atoms with van der Waals surface area (Å²) in [7, 11) is 0. The Hall–Kier alpha value is -2.21. The number of carbonyl (C=O) groups is 4. The first kappa shape index (κ1) is 27.4. The number of esters is 4. The van der Waals surface area contributed by atoms with Crippen LogP contribution in [-0.4, -0.2) is 82.4 Å². The molecule has 2 spiro atoms. The first-order valence-electron chi connectivity index (χ1n) is 12.7. The van der Waals surface area contributed by atoms with Gasteiger partial charge in [0, 0.05) is 38.7 Å². The van der Waals surface area contributed by atoms with Gasteiger partial charge in [0.25, 0.3) is 0 Å². The van der Waals surface area contributed by atoms with Crippen molar-refractivity contribution in [3.63, 3.8) is 0 Å². The quantitative estimate of drug-likeness (QED) is 0.177. The van der Waals surface area contributed by atoms with Gasteiger partial charge in [-0.15, -0.1) is 11.6 Å². The second-order valence-corrected chi connectivity index (χ2v) is 11.9. The normalized spacial score (nSPS) is 49.1. The van der Waals surface area contributed by atoms with Crippen molar-refractivity contribution in [2.75, 3.05) is 6.61 Å². The number of hydrogen-bond acceptors (Lipinski definition) is 11. The fourth-order valence-corrected chi connectivity index (χ4v) is 7.86. The lowest BCUT2D eigenvalue weighted by Gasteiger charge is -2.62. The van der Waals surface area contributed by atoms with Crippen molar-refractivity contribution in [3.05, 3.63) is 12.2 Å². The van der Waals surface area contributed by atoms with E-state index in [1.807, 2.05) is 0 Å². The summed E-state index contributed by atoms with van der Waals surface area (Å²) >= 11 is 6.80. The van der Waals surface area contributed by atoms with Gasteiger partial charge in [0.1, 0.15) is 18.3 Å². The highest BCUT2D eigenvalue weighted by molar-refractivity contribution is 6.23. The predicted molar refractivity (Wildman–Crippen MR) is 127 cm³/mol. The standard InChI is InChI=1S/C26H33ClO11/c1-11-18(27)20-26(12(2)22(31)37-20)21(36-15(5)30)19-23(6,17(35-14(4)29)9-25(11,32)38-26)16(34-13(3)28)7-8-24(19)10-33-24/h12,16-21,32H,1,7-10H2,2-6H3. The predicted octanol–water partition coefficient (Wildman–Crippen LogP) is 1.55. The smallest absolute Gasteiger partial charge is 0.312 e. The Balaban J connectivity index is 1.82. The van der Waals surface area contributed by atoms with Crippen LogP contribution in [0.25, 0.3) is 0 Å². The number of epoxide rings is 1. The van der Waals surface area contributed by atoms with E-state index in [0.717, 1.165) is 0 Å². The SMILES string of the molecule is C=C1C(Cl)C2OC(=O)C(C)C23OC1(O)CC(OC(C)=O)C1(C)C(OC(C)=O)CCC2(CO2)C1C3OC(C)=O. The second kappa shape index (κ2) is 8.64. The first-order chi connectivity index (χ1) is 17.6. The molecule has 5 aliphatic rings. The molecule has 11 atom stereocenters. The van der Waals surface area contributed by atoms with Crippen molar-refractivity contribution in [1.29, 1.82) is 0 Å². The maximum absolute atomic E-state index is 13.1. The van der Waals surface area contributed by atoms with Crippen molar-refractivity contribution in [2.45, 2.75) is 101 Å². The summed E-state index contributed by atoms with van der Waals surface area (Å²) in [6, 6.07) is 0. The van der Waals surface area contributed by atoms with Gasteiger partial charge in [0.15, 0.2) is 17.5 Å². The van der Waals surface area contributed by atoms with E-state index >= 15 is 0 Å². The zero-order valence-electron chi connectivity index (χ0n) is 22.0. The molecule has 38 heavy (non-hydrogen) atoms. The minimum atomic E-state index is -2.21. The van der Waals surface area contributed by atoms with E-state index in [0.29, 0.717) is 12.8 Å². The lowest BCUT2D eigenvalue weighted by atomic mass is 9.51. The Bertz CT molecular complexity index is 1100. The maximum atomic E-state index is 13.1. The summed E-state index contributed by atoms with van der Waals surface area (Å²) < 4.78 is 35.9. The number of aliphatic hydroxyl groups is 1. The molecule has 0 aromatic rings. The number of alkyl halides is 1. The Morgan fingerprint density at radius 3 is 2.21 bits per heavy atom. The monoisotopic (exact) mass is 556 g/mol.